The summed E-state index contributed by atoms with van der Waals surface area (Å²) in [5, 5.41) is 33.1. The van der Waals surface area contributed by atoms with Crippen LogP contribution in [0.1, 0.15) is 47.0 Å². The molecule has 0 aromatic heterocycles. The van der Waals surface area contributed by atoms with Crippen LogP contribution in [-0.2, 0) is 22.4 Å². The molecule has 22 heavy (non-hydrogen) atoms. The van der Waals surface area contributed by atoms with Crippen LogP contribution >= 0.6 is 0 Å². The number of rotatable bonds is 8. The fourth-order valence-electron chi connectivity index (χ4n) is 2.14. The van der Waals surface area contributed by atoms with E-state index in [1.807, 2.05) is 13.8 Å². The van der Waals surface area contributed by atoms with Crippen molar-refractivity contribution in [3.05, 3.63) is 10.6 Å². The Morgan fingerprint density at radius 1 is 1.05 bits per heavy atom. The fourth-order valence-corrected chi connectivity index (χ4v) is 2.14. The molecular weight excluding hydrogens is 370 g/mol. The Labute approximate surface area is 143 Å². The average Bonchev–Trinajstić information content (AvgIpc) is 2.53. The Hall–Kier alpha value is -0.691. The Kier molecular flexibility index (Phi) is 10.6. The van der Waals surface area contributed by atoms with Crippen LogP contribution in [0.5, 0.6) is 0 Å². The second-order valence-corrected chi connectivity index (χ2v) is 5.87. The minimum absolute atomic E-state index is 0.0596. The summed E-state index contributed by atoms with van der Waals surface area (Å²) in [5.41, 5.74) is 1.41. The molecule has 2 unspecified atom stereocenters. The standard InChI is InChI=1S/C14H26N4O2.O.Tc/c1-10(12(3)17-19)15-8-14(6-5-7-14)9-16-11(2)13(4)18-20;;/h10-11,19-20H,5-9H2,1-4H3;;/q-2;;+2. The third-order valence-corrected chi connectivity index (χ3v) is 4.34. The normalized spacial score (nSPS) is 20.3. The van der Waals surface area contributed by atoms with Crippen molar-refractivity contribution in [3.8, 4) is 0 Å². The first kappa shape index (κ1) is 21.3. The SMILES string of the molecule is CC(=NO)C(C)[N-]CC1(C[N-]C(C)C(C)=NO)CCC1.[O]=[Tc+2]. The van der Waals surface area contributed by atoms with E-state index in [0.717, 1.165) is 44.8 Å². The Morgan fingerprint density at radius 2 is 1.41 bits per heavy atom. The van der Waals surface area contributed by atoms with E-state index in [1.54, 1.807) is 13.8 Å². The molecule has 1 saturated carbocycles. The van der Waals surface area contributed by atoms with E-state index in [2.05, 4.69) is 20.9 Å². The minimum atomic E-state index is -0.0596. The molecule has 0 amide bonds. The van der Waals surface area contributed by atoms with Crippen LogP contribution in [0, 0.1) is 5.41 Å². The average molecular weight is 396 g/mol. The summed E-state index contributed by atoms with van der Waals surface area (Å²) in [4.78, 5) is 0. The maximum absolute atomic E-state index is 8.74. The van der Waals surface area contributed by atoms with Crippen molar-refractivity contribution in [1.82, 2.24) is 0 Å². The first-order chi connectivity index (χ1) is 10.4. The van der Waals surface area contributed by atoms with Gasteiger partial charge in [-0.15, -0.1) is 23.4 Å². The van der Waals surface area contributed by atoms with Gasteiger partial charge in [0.1, 0.15) is 0 Å². The van der Waals surface area contributed by atoms with Gasteiger partial charge in [-0.05, 0) is 13.8 Å². The van der Waals surface area contributed by atoms with Gasteiger partial charge in [0, 0.05) is 11.4 Å². The van der Waals surface area contributed by atoms with Gasteiger partial charge in [-0.2, -0.15) is 0 Å². The Balaban J connectivity index is 0.00000211. The van der Waals surface area contributed by atoms with Crippen LogP contribution in [0.25, 0.3) is 10.6 Å². The van der Waals surface area contributed by atoms with E-state index >= 15 is 0 Å². The van der Waals surface area contributed by atoms with Gasteiger partial charge in [0.15, 0.2) is 0 Å². The molecule has 0 spiro atoms. The van der Waals surface area contributed by atoms with Crippen LogP contribution in [0.2, 0.25) is 0 Å². The van der Waals surface area contributed by atoms with Gasteiger partial charge in [-0.1, -0.05) is 50.6 Å². The zero-order valence-electron chi connectivity index (χ0n) is 13.7. The van der Waals surface area contributed by atoms with Gasteiger partial charge in [0.05, 0.1) is 0 Å². The number of oxime groups is 2. The molecule has 0 saturated heterocycles. The molecule has 0 bridgehead atoms. The number of hydrogen-bond acceptors (Lipinski definition) is 5. The van der Waals surface area contributed by atoms with Crippen molar-refractivity contribution in [2.45, 2.75) is 59.0 Å². The molecule has 1 aliphatic rings. The van der Waals surface area contributed by atoms with Gasteiger partial charge in [0.25, 0.3) is 0 Å². The Bertz CT molecular complexity index is 356. The van der Waals surface area contributed by atoms with Crippen molar-refractivity contribution in [1.29, 1.82) is 0 Å². The summed E-state index contributed by atoms with van der Waals surface area (Å²) in [6, 6.07) is -0.119. The van der Waals surface area contributed by atoms with E-state index in [-0.39, 0.29) is 17.5 Å². The van der Waals surface area contributed by atoms with E-state index < -0.39 is 0 Å². The first-order valence-corrected chi connectivity index (χ1v) is 8.06. The van der Waals surface area contributed by atoms with Crippen molar-refractivity contribution in [2.75, 3.05) is 13.1 Å². The molecule has 0 radical (unpaired) electrons. The fraction of sp³-hybridized carbons (Fsp3) is 0.857. The third kappa shape index (κ3) is 6.60. The summed E-state index contributed by atoms with van der Waals surface area (Å²) in [7, 11) is 0. The summed E-state index contributed by atoms with van der Waals surface area (Å²) in [6.07, 6.45) is 3.47. The summed E-state index contributed by atoms with van der Waals surface area (Å²) >= 11 is 0.900. The molecule has 8 heteroatoms. The quantitative estimate of drug-likeness (QED) is 0.373. The molecule has 0 aromatic rings. The molecule has 7 nitrogen and oxygen atoms in total. The van der Waals surface area contributed by atoms with Crippen molar-refractivity contribution in [2.24, 2.45) is 15.7 Å². The molecular formula is C14H26N4O3Tc. The number of hydrogen-bond donors (Lipinski definition) is 2. The first-order valence-electron chi connectivity index (χ1n) is 7.30. The van der Waals surface area contributed by atoms with Gasteiger partial charge in [-0.25, -0.2) is 0 Å². The second kappa shape index (κ2) is 10.9. The van der Waals surface area contributed by atoms with E-state index in [9.17, 15) is 0 Å². The monoisotopic (exact) mass is 395 g/mol. The zero-order chi connectivity index (χ0) is 17.2. The predicted octanol–water partition coefficient (Wildman–Crippen LogP) is 3.26. The molecule has 2 atom stereocenters. The molecule has 1 aliphatic carbocycles. The molecule has 1 fully saturated rings. The molecule has 2 N–H and O–H groups in total. The van der Waals surface area contributed by atoms with Crippen LogP contribution in [-0.4, -0.2) is 47.0 Å². The summed E-state index contributed by atoms with van der Waals surface area (Å²) < 4.78 is 8.22. The van der Waals surface area contributed by atoms with Crippen molar-refractivity contribution < 1.29 is 32.8 Å². The van der Waals surface area contributed by atoms with E-state index in [4.69, 9.17) is 13.9 Å². The predicted molar refractivity (Wildman–Crippen MR) is 82.1 cm³/mol. The summed E-state index contributed by atoms with van der Waals surface area (Å²) in [5.74, 6) is 0. The van der Waals surface area contributed by atoms with E-state index in [1.165, 1.54) is 6.42 Å². The van der Waals surface area contributed by atoms with Crippen LogP contribution in [0.15, 0.2) is 10.3 Å². The van der Waals surface area contributed by atoms with Gasteiger partial charge in [0.2, 0.25) is 0 Å². The van der Waals surface area contributed by atoms with Crippen molar-refractivity contribution in [3.63, 3.8) is 0 Å². The third-order valence-electron chi connectivity index (χ3n) is 4.34. The van der Waals surface area contributed by atoms with Crippen LogP contribution in [0.3, 0.4) is 0 Å². The molecule has 0 aliphatic heterocycles. The van der Waals surface area contributed by atoms with Gasteiger partial charge in [-0.3, -0.25) is 0 Å². The summed E-state index contributed by atoms with van der Waals surface area (Å²) in [6.45, 7) is 8.90. The van der Waals surface area contributed by atoms with Crippen LogP contribution in [0.4, 0.5) is 0 Å². The molecule has 0 heterocycles. The second-order valence-electron chi connectivity index (χ2n) is 5.87. The molecule has 1 rings (SSSR count). The topological polar surface area (TPSA) is 110 Å². The van der Waals surface area contributed by atoms with Gasteiger partial charge >= 0.3 is 22.4 Å². The maximum atomic E-state index is 8.74. The van der Waals surface area contributed by atoms with E-state index in [0.29, 0.717) is 11.4 Å². The zero-order valence-corrected chi connectivity index (χ0v) is 15.5. The molecule has 0 aromatic carbocycles. The number of nitrogens with zero attached hydrogens (tertiary/aromatic N) is 4. The van der Waals surface area contributed by atoms with Crippen molar-refractivity contribution >= 4 is 11.4 Å². The van der Waals surface area contributed by atoms with Crippen LogP contribution < -0.4 is 0 Å². The Morgan fingerprint density at radius 3 is 1.64 bits per heavy atom. The van der Waals surface area contributed by atoms with Gasteiger partial charge < -0.3 is 21.0 Å². The molecule has 127 valence electrons.